The normalized spacial score (nSPS) is 14.3. The minimum Gasteiger partial charge on any atom is -0.233 e. The van der Waals surface area contributed by atoms with Crippen LogP contribution in [0.5, 0.6) is 0 Å². The second-order valence-corrected chi connectivity index (χ2v) is 4.69. The van der Waals surface area contributed by atoms with Crippen LogP contribution in [0.3, 0.4) is 0 Å². The molecular weight excluding hydrogens is 232 g/mol. The van der Waals surface area contributed by atoms with Crippen LogP contribution in [0.25, 0.3) is 16.8 Å². The maximum absolute atomic E-state index is 4.55. The van der Waals surface area contributed by atoms with Crippen LogP contribution in [0, 0.1) is 6.92 Å². The molecule has 1 aliphatic rings. The number of aromatic nitrogens is 2. The van der Waals surface area contributed by atoms with Crippen LogP contribution in [0.2, 0.25) is 0 Å². The van der Waals surface area contributed by atoms with Crippen molar-refractivity contribution in [2.75, 3.05) is 0 Å². The molecule has 0 unspecified atom stereocenters. The Balaban J connectivity index is 2.06. The Morgan fingerprint density at radius 1 is 0.947 bits per heavy atom. The number of hydrogen-bond donors (Lipinski definition) is 0. The minimum atomic E-state index is 0.816. The van der Waals surface area contributed by atoms with Crippen LogP contribution in [0.15, 0.2) is 54.6 Å². The molecule has 19 heavy (non-hydrogen) atoms. The first kappa shape index (κ1) is 11.8. The van der Waals surface area contributed by atoms with Gasteiger partial charge in [0.1, 0.15) is 5.82 Å². The van der Waals surface area contributed by atoms with Crippen molar-refractivity contribution in [3.63, 3.8) is 0 Å². The highest BCUT2D eigenvalue weighted by atomic mass is 14.9. The predicted molar refractivity (Wildman–Crippen MR) is 78.6 cm³/mol. The summed E-state index contributed by atoms with van der Waals surface area (Å²) < 4.78 is 0. The van der Waals surface area contributed by atoms with Gasteiger partial charge in [0.2, 0.25) is 0 Å². The average molecular weight is 248 g/mol. The zero-order chi connectivity index (χ0) is 13.1. The lowest BCUT2D eigenvalue weighted by Crippen LogP contribution is -1.97. The molecule has 0 bridgehead atoms. The molecule has 1 aliphatic carbocycles. The molecule has 0 fully saturated rings. The van der Waals surface area contributed by atoms with E-state index in [0.717, 1.165) is 35.6 Å². The lowest BCUT2D eigenvalue weighted by molar-refractivity contribution is 1.02. The Morgan fingerprint density at radius 2 is 1.74 bits per heavy atom. The second kappa shape index (κ2) is 5.19. The van der Waals surface area contributed by atoms with Crippen molar-refractivity contribution in [3.05, 3.63) is 66.1 Å². The zero-order valence-electron chi connectivity index (χ0n) is 11.0. The first-order valence-corrected chi connectivity index (χ1v) is 6.61. The maximum Gasteiger partial charge on any atom is 0.126 e. The van der Waals surface area contributed by atoms with Crippen LogP contribution < -0.4 is 0 Å². The van der Waals surface area contributed by atoms with Gasteiger partial charge in [-0.05, 0) is 31.4 Å². The molecule has 0 atom stereocenters. The van der Waals surface area contributed by atoms with Gasteiger partial charge in [0.15, 0.2) is 0 Å². The zero-order valence-corrected chi connectivity index (χ0v) is 11.0. The van der Waals surface area contributed by atoms with Crippen molar-refractivity contribution in [3.8, 4) is 11.3 Å². The summed E-state index contributed by atoms with van der Waals surface area (Å²) in [4.78, 5) is 9.09. The predicted octanol–water partition coefficient (Wildman–Crippen LogP) is 4.19. The van der Waals surface area contributed by atoms with Gasteiger partial charge in [-0.1, -0.05) is 48.6 Å². The fourth-order valence-corrected chi connectivity index (χ4v) is 2.28. The van der Waals surface area contributed by atoms with Gasteiger partial charge in [-0.25, -0.2) is 9.97 Å². The van der Waals surface area contributed by atoms with Crippen molar-refractivity contribution in [1.29, 1.82) is 0 Å². The van der Waals surface area contributed by atoms with Crippen LogP contribution in [-0.4, -0.2) is 9.97 Å². The number of benzene rings is 1. The molecule has 0 spiro atoms. The number of rotatable bonds is 2. The summed E-state index contributed by atoms with van der Waals surface area (Å²) in [6.07, 6.45) is 8.82. The van der Waals surface area contributed by atoms with E-state index in [1.165, 1.54) is 5.57 Å². The molecule has 0 saturated carbocycles. The second-order valence-electron chi connectivity index (χ2n) is 4.69. The lowest BCUT2D eigenvalue weighted by Gasteiger charge is -2.09. The van der Waals surface area contributed by atoms with E-state index in [1.54, 1.807) is 0 Å². The highest BCUT2D eigenvalue weighted by Gasteiger charge is 2.07. The van der Waals surface area contributed by atoms with Gasteiger partial charge in [-0.3, -0.25) is 0 Å². The average Bonchev–Trinajstić information content (AvgIpc) is 2.48. The smallest absolute Gasteiger partial charge is 0.126 e. The Bertz CT molecular complexity index is 640. The molecule has 3 rings (SSSR count). The van der Waals surface area contributed by atoms with E-state index < -0.39 is 0 Å². The van der Waals surface area contributed by atoms with Crippen LogP contribution in [0.1, 0.15) is 24.4 Å². The monoisotopic (exact) mass is 248 g/mol. The third-order valence-corrected chi connectivity index (χ3v) is 3.20. The molecule has 0 aliphatic heterocycles. The molecule has 1 aromatic heterocycles. The Morgan fingerprint density at radius 3 is 2.47 bits per heavy atom. The molecule has 1 heterocycles. The summed E-state index contributed by atoms with van der Waals surface area (Å²) in [7, 11) is 0. The van der Waals surface area contributed by atoms with E-state index in [2.05, 4.69) is 46.4 Å². The highest BCUT2D eigenvalue weighted by Crippen LogP contribution is 2.24. The fraction of sp³-hybridized carbons (Fsp3) is 0.176. The molecular formula is C17H16N2. The molecule has 2 heteroatoms. The molecule has 0 radical (unpaired) electrons. The lowest BCUT2D eigenvalue weighted by atomic mass is 10.0. The molecule has 1 aromatic carbocycles. The van der Waals surface area contributed by atoms with E-state index in [9.17, 15) is 0 Å². The van der Waals surface area contributed by atoms with E-state index in [1.807, 2.05) is 25.1 Å². The molecule has 2 aromatic rings. The van der Waals surface area contributed by atoms with Gasteiger partial charge in [0.05, 0.1) is 11.4 Å². The van der Waals surface area contributed by atoms with E-state index >= 15 is 0 Å². The maximum atomic E-state index is 4.55. The first-order chi connectivity index (χ1) is 9.33. The highest BCUT2D eigenvalue weighted by molar-refractivity contribution is 5.75. The van der Waals surface area contributed by atoms with Gasteiger partial charge >= 0.3 is 0 Å². The van der Waals surface area contributed by atoms with Gasteiger partial charge in [-0.15, -0.1) is 0 Å². The van der Waals surface area contributed by atoms with Crippen molar-refractivity contribution in [2.24, 2.45) is 0 Å². The van der Waals surface area contributed by atoms with Gasteiger partial charge in [0.25, 0.3) is 0 Å². The summed E-state index contributed by atoms with van der Waals surface area (Å²) in [6, 6.07) is 12.3. The Labute approximate surface area is 113 Å². The molecule has 2 nitrogen and oxygen atoms in total. The summed E-state index contributed by atoms with van der Waals surface area (Å²) in [5.41, 5.74) is 4.34. The van der Waals surface area contributed by atoms with E-state index in [0.29, 0.717) is 0 Å². The SMILES string of the molecule is Cc1nc(C2=CCCC=C2)cc(-c2ccccc2)n1. The Kier molecular flexibility index (Phi) is 3.23. The standard InChI is InChI=1S/C17H16N2/c1-13-18-16(14-8-4-2-5-9-14)12-17(19-13)15-10-6-3-7-11-15/h2,4-6,8-12H,3,7H2,1H3. The van der Waals surface area contributed by atoms with Crippen molar-refractivity contribution >= 4 is 5.57 Å². The molecule has 94 valence electrons. The third-order valence-electron chi connectivity index (χ3n) is 3.20. The molecule has 0 amide bonds. The summed E-state index contributed by atoms with van der Waals surface area (Å²) >= 11 is 0. The first-order valence-electron chi connectivity index (χ1n) is 6.61. The third kappa shape index (κ3) is 2.63. The van der Waals surface area contributed by atoms with Crippen LogP contribution in [0.4, 0.5) is 0 Å². The number of hydrogen-bond acceptors (Lipinski definition) is 2. The number of nitrogens with zero attached hydrogens (tertiary/aromatic N) is 2. The number of aryl methyl sites for hydroxylation is 1. The molecule has 0 N–H and O–H groups in total. The summed E-state index contributed by atoms with van der Waals surface area (Å²) in [5, 5.41) is 0. The van der Waals surface area contributed by atoms with E-state index in [4.69, 9.17) is 0 Å². The van der Waals surface area contributed by atoms with Crippen molar-refractivity contribution in [1.82, 2.24) is 9.97 Å². The van der Waals surface area contributed by atoms with Gasteiger partial charge < -0.3 is 0 Å². The van der Waals surface area contributed by atoms with Crippen LogP contribution in [-0.2, 0) is 0 Å². The molecule has 0 saturated heterocycles. The van der Waals surface area contributed by atoms with Crippen molar-refractivity contribution in [2.45, 2.75) is 19.8 Å². The summed E-state index contributed by atoms with van der Waals surface area (Å²) in [5.74, 6) is 0.816. The largest absolute Gasteiger partial charge is 0.233 e. The van der Waals surface area contributed by atoms with Gasteiger partial charge in [0, 0.05) is 5.56 Å². The summed E-state index contributed by atoms with van der Waals surface area (Å²) in [6.45, 7) is 1.95. The van der Waals surface area contributed by atoms with Crippen LogP contribution >= 0.6 is 0 Å². The van der Waals surface area contributed by atoms with E-state index in [-0.39, 0.29) is 0 Å². The minimum absolute atomic E-state index is 0.816. The van der Waals surface area contributed by atoms with Gasteiger partial charge in [-0.2, -0.15) is 0 Å². The topological polar surface area (TPSA) is 25.8 Å². The number of allylic oxidation sites excluding steroid dienone is 4. The Hall–Kier alpha value is -2.22. The fourth-order valence-electron chi connectivity index (χ4n) is 2.28. The quantitative estimate of drug-likeness (QED) is 0.796. The van der Waals surface area contributed by atoms with Crippen molar-refractivity contribution < 1.29 is 0 Å².